The second-order valence-corrected chi connectivity index (χ2v) is 5.63. The van der Waals surface area contributed by atoms with E-state index in [4.69, 9.17) is 5.73 Å². The van der Waals surface area contributed by atoms with Crippen LogP contribution in [0.4, 0.5) is 10.5 Å². The Morgan fingerprint density at radius 2 is 1.91 bits per heavy atom. The molecule has 0 bridgehead atoms. The lowest BCUT2D eigenvalue weighted by Gasteiger charge is -2.16. The number of carbonyl (C=O) groups excluding carboxylic acids is 2. The van der Waals surface area contributed by atoms with Crippen molar-refractivity contribution in [2.45, 2.75) is 32.4 Å². The van der Waals surface area contributed by atoms with Crippen molar-refractivity contribution in [3.8, 4) is 0 Å². The number of nitrogens with zero attached hydrogens (tertiary/aromatic N) is 1. The molecule has 2 rings (SSSR count). The average Bonchev–Trinajstić information content (AvgIpc) is 2.84. The predicted molar refractivity (Wildman–Crippen MR) is 89.5 cm³/mol. The van der Waals surface area contributed by atoms with Gasteiger partial charge in [-0.05, 0) is 44.5 Å². The summed E-state index contributed by atoms with van der Waals surface area (Å²) in [6.45, 7) is 5.09. The quantitative estimate of drug-likeness (QED) is 0.791. The summed E-state index contributed by atoms with van der Waals surface area (Å²) in [5, 5.41) is 5.46. The molecule has 1 saturated heterocycles. The van der Waals surface area contributed by atoms with Crippen molar-refractivity contribution in [1.82, 2.24) is 10.2 Å². The number of nitrogens with two attached hydrogens (primary N) is 1. The molecule has 1 aromatic rings. The van der Waals surface area contributed by atoms with Gasteiger partial charge in [0.15, 0.2) is 0 Å². The molecule has 0 radical (unpaired) electrons. The van der Waals surface area contributed by atoms with Gasteiger partial charge in [0.05, 0.1) is 0 Å². The molecule has 1 atom stereocenters. The van der Waals surface area contributed by atoms with Crippen molar-refractivity contribution in [1.29, 1.82) is 0 Å². The summed E-state index contributed by atoms with van der Waals surface area (Å²) in [6.07, 6.45) is 0.848. The van der Waals surface area contributed by atoms with Crippen molar-refractivity contribution in [3.05, 3.63) is 29.8 Å². The smallest absolute Gasteiger partial charge is 0.319 e. The Kier molecular flexibility index (Phi) is 6.64. The van der Waals surface area contributed by atoms with E-state index < -0.39 is 0 Å². The molecule has 6 nitrogen and oxygen atoms in total. The zero-order chi connectivity index (χ0) is 15.4. The fourth-order valence-electron chi connectivity index (χ4n) is 2.28. The highest BCUT2D eigenvalue weighted by Gasteiger charge is 2.24. The van der Waals surface area contributed by atoms with Gasteiger partial charge < -0.3 is 21.3 Å². The summed E-state index contributed by atoms with van der Waals surface area (Å²) in [5.41, 5.74) is 7.08. The van der Waals surface area contributed by atoms with Gasteiger partial charge in [-0.25, -0.2) is 4.79 Å². The number of nitrogens with one attached hydrogen (secondary N) is 2. The third-order valence-corrected chi connectivity index (χ3v) is 3.32. The van der Waals surface area contributed by atoms with Gasteiger partial charge in [0.2, 0.25) is 0 Å². The second-order valence-electron chi connectivity index (χ2n) is 5.63. The molecule has 4 N–H and O–H groups in total. The number of carbonyl (C=O) groups is 2. The lowest BCUT2D eigenvalue weighted by Crippen LogP contribution is -2.34. The Morgan fingerprint density at radius 1 is 1.27 bits per heavy atom. The number of hydrogen-bond acceptors (Lipinski definition) is 3. The number of halogens is 1. The van der Waals surface area contributed by atoms with Crippen molar-refractivity contribution in [2.75, 3.05) is 18.4 Å². The van der Waals surface area contributed by atoms with Gasteiger partial charge in [0.25, 0.3) is 5.91 Å². The van der Waals surface area contributed by atoms with Crippen molar-refractivity contribution < 1.29 is 9.59 Å². The summed E-state index contributed by atoms with van der Waals surface area (Å²) in [4.78, 5) is 25.6. The maximum Gasteiger partial charge on any atom is 0.319 e. The molecule has 122 valence electrons. The Hall–Kier alpha value is -1.79. The van der Waals surface area contributed by atoms with E-state index in [-0.39, 0.29) is 36.4 Å². The van der Waals surface area contributed by atoms with Crippen LogP contribution in [0.1, 0.15) is 30.6 Å². The molecular weight excluding hydrogens is 304 g/mol. The molecule has 0 aromatic heterocycles. The molecule has 0 unspecified atom stereocenters. The Bertz CT molecular complexity index is 519. The number of amides is 3. The fraction of sp³-hybridized carbons (Fsp3) is 0.467. The standard InChI is InChI=1S/C15H22N4O2.ClH/c1-10(2)17-15(21)18-13-5-3-11(4-6-13)14(20)19-8-7-12(16)9-19;/h3-6,10,12H,7-9,16H2,1-2H3,(H2,17,18,21);1H/t12-;/m1./s1. The fourth-order valence-corrected chi connectivity index (χ4v) is 2.28. The van der Waals surface area contributed by atoms with Crippen LogP contribution in [0.5, 0.6) is 0 Å². The zero-order valence-corrected chi connectivity index (χ0v) is 13.7. The molecule has 1 fully saturated rings. The van der Waals surface area contributed by atoms with E-state index in [1.54, 1.807) is 29.2 Å². The summed E-state index contributed by atoms with van der Waals surface area (Å²) in [6, 6.07) is 6.79. The van der Waals surface area contributed by atoms with Gasteiger partial charge in [0.1, 0.15) is 0 Å². The molecule has 0 saturated carbocycles. The number of rotatable bonds is 3. The minimum atomic E-state index is -0.255. The van der Waals surface area contributed by atoms with Crippen LogP contribution in [-0.4, -0.2) is 42.0 Å². The third-order valence-electron chi connectivity index (χ3n) is 3.32. The van der Waals surface area contributed by atoms with Gasteiger partial charge in [-0.1, -0.05) is 0 Å². The largest absolute Gasteiger partial charge is 0.337 e. The van der Waals surface area contributed by atoms with Crippen LogP contribution in [0, 0.1) is 0 Å². The molecule has 22 heavy (non-hydrogen) atoms. The zero-order valence-electron chi connectivity index (χ0n) is 12.8. The highest BCUT2D eigenvalue weighted by atomic mass is 35.5. The molecule has 7 heteroatoms. The van der Waals surface area contributed by atoms with Crippen LogP contribution < -0.4 is 16.4 Å². The maximum atomic E-state index is 12.2. The lowest BCUT2D eigenvalue weighted by atomic mass is 10.2. The van der Waals surface area contributed by atoms with Crippen LogP contribution in [0.25, 0.3) is 0 Å². The summed E-state index contributed by atoms with van der Waals surface area (Å²) < 4.78 is 0. The van der Waals surface area contributed by atoms with E-state index in [2.05, 4.69) is 10.6 Å². The molecular formula is C15H23ClN4O2. The summed E-state index contributed by atoms with van der Waals surface area (Å²) in [7, 11) is 0. The Labute approximate surface area is 136 Å². The van der Waals surface area contributed by atoms with Crippen LogP contribution in [0.15, 0.2) is 24.3 Å². The number of urea groups is 1. The van der Waals surface area contributed by atoms with E-state index in [9.17, 15) is 9.59 Å². The van der Waals surface area contributed by atoms with Gasteiger partial charge in [0, 0.05) is 36.4 Å². The number of benzene rings is 1. The summed E-state index contributed by atoms with van der Waals surface area (Å²) >= 11 is 0. The first kappa shape index (κ1) is 18.3. The second kappa shape index (κ2) is 8.00. The monoisotopic (exact) mass is 326 g/mol. The molecule has 0 aliphatic carbocycles. The van der Waals surface area contributed by atoms with Crippen LogP contribution in [0.3, 0.4) is 0 Å². The van der Waals surface area contributed by atoms with E-state index in [1.807, 2.05) is 13.8 Å². The van der Waals surface area contributed by atoms with Crippen molar-refractivity contribution >= 4 is 30.0 Å². The van der Waals surface area contributed by atoms with Gasteiger partial charge in [-0.2, -0.15) is 0 Å². The first-order chi connectivity index (χ1) is 9.95. The normalized spacial score (nSPS) is 17.1. The topological polar surface area (TPSA) is 87.5 Å². The summed E-state index contributed by atoms with van der Waals surface area (Å²) in [5.74, 6) is -0.0128. The van der Waals surface area contributed by atoms with Crippen molar-refractivity contribution in [2.24, 2.45) is 5.73 Å². The minimum absolute atomic E-state index is 0. The van der Waals surface area contributed by atoms with Crippen molar-refractivity contribution in [3.63, 3.8) is 0 Å². The molecule has 1 aromatic carbocycles. The lowest BCUT2D eigenvalue weighted by molar-refractivity contribution is 0.0791. The van der Waals surface area contributed by atoms with Gasteiger partial charge in [-0.15, -0.1) is 12.4 Å². The van der Waals surface area contributed by atoms with Crippen LogP contribution in [-0.2, 0) is 0 Å². The van der Waals surface area contributed by atoms with Gasteiger partial charge >= 0.3 is 6.03 Å². The van der Waals surface area contributed by atoms with Crippen LogP contribution >= 0.6 is 12.4 Å². The molecule has 3 amide bonds. The first-order valence-electron chi connectivity index (χ1n) is 7.18. The Balaban J connectivity index is 0.00000242. The van der Waals surface area contributed by atoms with E-state index in [1.165, 1.54) is 0 Å². The Morgan fingerprint density at radius 3 is 2.41 bits per heavy atom. The molecule has 0 spiro atoms. The van der Waals surface area contributed by atoms with E-state index in [0.29, 0.717) is 24.3 Å². The SMILES string of the molecule is CC(C)NC(=O)Nc1ccc(C(=O)N2CC[C@@H](N)C2)cc1.Cl. The molecule has 1 aliphatic heterocycles. The van der Waals surface area contributed by atoms with Crippen LogP contribution in [0.2, 0.25) is 0 Å². The number of anilines is 1. The highest BCUT2D eigenvalue weighted by Crippen LogP contribution is 2.15. The number of hydrogen-bond donors (Lipinski definition) is 3. The van der Waals surface area contributed by atoms with Gasteiger partial charge in [-0.3, -0.25) is 4.79 Å². The molecule has 1 aliphatic rings. The molecule has 1 heterocycles. The van der Waals surface area contributed by atoms with E-state index >= 15 is 0 Å². The predicted octanol–water partition coefficient (Wildman–Crippen LogP) is 1.81. The number of likely N-dealkylation sites (tertiary alicyclic amines) is 1. The maximum absolute atomic E-state index is 12.2. The average molecular weight is 327 g/mol. The first-order valence-corrected chi connectivity index (χ1v) is 7.18. The van der Waals surface area contributed by atoms with E-state index in [0.717, 1.165) is 6.42 Å². The highest BCUT2D eigenvalue weighted by molar-refractivity contribution is 5.95. The third kappa shape index (κ3) is 4.89. The minimum Gasteiger partial charge on any atom is -0.337 e.